The van der Waals surface area contributed by atoms with Crippen molar-refractivity contribution in [2.24, 2.45) is 22.7 Å². The SMILES string of the molecule is CC1CCC2(CCNC2)CC1.CC1CCC2(CCNC2)CC1.O=C(O)C(=O)O. The normalized spacial score (nSPS) is 36.9. The Morgan fingerprint density at radius 2 is 1.00 bits per heavy atom. The van der Waals surface area contributed by atoms with Gasteiger partial charge in [-0.25, -0.2) is 9.59 Å². The summed E-state index contributed by atoms with van der Waals surface area (Å²) in [4.78, 5) is 18.2. The first-order valence-corrected chi connectivity index (χ1v) is 11.1. The summed E-state index contributed by atoms with van der Waals surface area (Å²) in [6.07, 6.45) is 14.7. The van der Waals surface area contributed by atoms with E-state index in [-0.39, 0.29) is 0 Å². The van der Waals surface area contributed by atoms with Crippen molar-refractivity contribution in [3.8, 4) is 0 Å². The first-order chi connectivity index (χ1) is 13.3. The van der Waals surface area contributed by atoms with Gasteiger partial charge in [-0.3, -0.25) is 0 Å². The van der Waals surface area contributed by atoms with Gasteiger partial charge in [-0.2, -0.15) is 0 Å². The van der Waals surface area contributed by atoms with Crippen LogP contribution in [0.1, 0.15) is 78.1 Å². The third-order valence-electron chi connectivity index (χ3n) is 7.52. The van der Waals surface area contributed by atoms with Crippen molar-refractivity contribution in [3.05, 3.63) is 0 Å². The molecule has 28 heavy (non-hydrogen) atoms. The Kier molecular flexibility index (Phi) is 8.75. The fourth-order valence-electron chi connectivity index (χ4n) is 5.19. The van der Waals surface area contributed by atoms with Crippen LogP contribution < -0.4 is 10.6 Å². The largest absolute Gasteiger partial charge is 0.473 e. The molecule has 2 saturated heterocycles. The first-order valence-electron chi connectivity index (χ1n) is 11.1. The lowest BCUT2D eigenvalue weighted by Crippen LogP contribution is -2.28. The molecule has 0 unspecified atom stereocenters. The predicted octanol–water partition coefficient (Wildman–Crippen LogP) is 3.51. The number of carbonyl (C=O) groups is 2. The molecule has 162 valence electrons. The topological polar surface area (TPSA) is 98.7 Å². The summed E-state index contributed by atoms with van der Waals surface area (Å²) < 4.78 is 0. The van der Waals surface area contributed by atoms with Crippen LogP contribution >= 0.6 is 0 Å². The second kappa shape index (κ2) is 10.6. The maximum atomic E-state index is 9.10. The number of nitrogens with one attached hydrogen (secondary N) is 2. The van der Waals surface area contributed by atoms with Crippen LogP contribution in [0, 0.1) is 22.7 Å². The molecule has 0 radical (unpaired) electrons. The molecule has 0 amide bonds. The van der Waals surface area contributed by atoms with E-state index in [1.54, 1.807) is 0 Å². The maximum Gasteiger partial charge on any atom is 0.414 e. The highest BCUT2D eigenvalue weighted by molar-refractivity contribution is 6.27. The molecule has 6 nitrogen and oxygen atoms in total. The van der Waals surface area contributed by atoms with Crippen LogP contribution in [-0.2, 0) is 9.59 Å². The summed E-state index contributed by atoms with van der Waals surface area (Å²) >= 11 is 0. The zero-order valence-electron chi connectivity index (χ0n) is 17.8. The third kappa shape index (κ3) is 7.03. The molecular formula is C22H40N2O4. The van der Waals surface area contributed by atoms with Crippen LogP contribution in [-0.4, -0.2) is 48.3 Å². The van der Waals surface area contributed by atoms with Crippen LogP contribution in [0.4, 0.5) is 0 Å². The Labute approximate surface area is 169 Å². The fraction of sp³-hybridized carbons (Fsp3) is 0.909. The molecule has 4 rings (SSSR count). The van der Waals surface area contributed by atoms with Crippen LogP contribution in [0.5, 0.6) is 0 Å². The van der Waals surface area contributed by atoms with E-state index >= 15 is 0 Å². The van der Waals surface area contributed by atoms with E-state index in [9.17, 15) is 0 Å². The highest BCUT2D eigenvalue weighted by Crippen LogP contribution is 2.43. The van der Waals surface area contributed by atoms with Gasteiger partial charge < -0.3 is 20.8 Å². The van der Waals surface area contributed by atoms with Crippen molar-refractivity contribution in [3.63, 3.8) is 0 Å². The van der Waals surface area contributed by atoms with Crippen molar-refractivity contribution in [1.82, 2.24) is 10.6 Å². The molecule has 4 aliphatic rings. The standard InChI is InChI=1S/2C10H19N.C2H2O4/c2*1-9-2-4-10(5-3-9)6-7-11-8-10;3-1(4)2(5)6/h2*9,11H,2-8H2,1H3;(H,3,4)(H,5,6). The van der Waals surface area contributed by atoms with Crippen LogP contribution in [0.3, 0.4) is 0 Å². The first kappa shape index (κ1) is 23.1. The van der Waals surface area contributed by atoms with Gasteiger partial charge in [0, 0.05) is 13.1 Å². The van der Waals surface area contributed by atoms with Crippen molar-refractivity contribution in [1.29, 1.82) is 0 Å². The molecule has 2 aliphatic carbocycles. The second-order valence-corrected chi connectivity index (χ2v) is 9.83. The van der Waals surface area contributed by atoms with Gasteiger partial charge in [0.25, 0.3) is 0 Å². The number of hydrogen-bond donors (Lipinski definition) is 4. The van der Waals surface area contributed by atoms with Gasteiger partial charge in [0.15, 0.2) is 0 Å². The summed E-state index contributed by atoms with van der Waals surface area (Å²) in [5.41, 5.74) is 1.49. The molecule has 0 aromatic carbocycles. The lowest BCUT2D eigenvalue weighted by molar-refractivity contribution is -0.159. The van der Waals surface area contributed by atoms with E-state index in [1.165, 1.54) is 90.4 Å². The Morgan fingerprint density at radius 1 is 0.679 bits per heavy atom. The van der Waals surface area contributed by atoms with Gasteiger partial charge in [0.1, 0.15) is 0 Å². The Bertz CT molecular complexity index is 445. The van der Waals surface area contributed by atoms with Crippen LogP contribution in [0.15, 0.2) is 0 Å². The summed E-state index contributed by atoms with van der Waals surface area (Å²) in [6, 6.07) is 0. The van der Waals surface area contributed by atoms with Gasteiger partial charge in [0.05, 0.1) is 0 Å². The molecule has 2 spiro atoms. The smallest absolute Gasteiger partial charge is 0.414 e. The average Bonchev–Trinajstić information content (AvgIpc) is 3.32. The summed E-state index contributed by atoms with van der Waals surface area (Å²) in [5.74, 6) is -1.65. The molecule has 2 aliphatic heterocycles. The minimum atomic E-state index is -1.82. The van der Waals surface area contributed by atoms with E-state index in [4.69, 9.17) is 19.8 Å². The van der Waals surface area contributed by atoms with E-state index in [0.717, 1.165) is 22.7 Å². The van der Waals surface area contributed by atoms with Gasteiger partial charge in [-0.1, -0.05) is 39.5 Å². The number of carboxylic acid groups (broad SMARTS) is 2. The van der Waals surface area contributed by atoms with Crippen molar-refractivity contribution >= 4 is 11.9 Å². The van der Waals surface area contributed by atoms with Crippen LogP contribution in [0.25, 0.3) is 0 Å². The maximum absolute atomic E-state index is 9.10. The second-order valence-electron chi connectivity index (χ2n) is 9.83. The average molecular weight is 397 g/mol. The van der Waals surface area contributed by atoms with Gasteiger partial charge in [-0.05, 0) is 74.3 Å². The van der Waals surface area contributed by atoms with Gasteiger partial charge >= 0.3 is 11.9 Å². The third-order valence-corrected chi connectivity index (χ3v) is 7.52. The Morgan fingerprint density at radius 3 is 1.21 bits per heavy atom. The molecule has 4 fully saturated rings. The minimum Gasteiger partial charge on any atom is -0.473 e. The molecule has 0 aromatic heterocycles. The van der Waals surface area contributed by atoms with Crippen molar-refractivity contribution < 1.29 is 19.8 Å². The zero-order valence-corrected chi connectivity index (χ0v) is 17.8. The number of rotatable bonds is 0. The lowest BCUT2D eigenvalue weighted by atomic mass is 9.70. The van der Waals surface area contributed by atoms with E-state index in [1.807, 2.05) is 0 Å². The molecule has 6 heteroatoms. The van der Waals surface area contributed by atoms with E-state index < -0.39 is 11.9 Å². The van der Waals surface area contributed by atoms with Gasteiger partial charge in [0.2, 0.25) is 0 Å². The molecule has 0 aromatic rings. The molecular weight excluding hydrogens is 356 g/mol. The Hall–Kier alpha value is -1.14. The monoisotopic (exact) mass is 396 g/mol. The Balaban J connectivity index is 0.000000158. The highest BCUT2D eigenvalue weighted by Gasteiger charge is 2.37. The van der Waals surface area contributed by atoms with Crippen LogP contribution in [0.2, 0.25) is 0 Å². The summed E-state index contributed by atoms with van der Waals surface area (Å²) in [5, 5.41) is 21.8. The van der Waals surface area contributed by atoms with E-state index in [2.05, 4.69) is 24.5 Å². The van der Waals surface area contributed by atoms with Crippen molar-refractivity contribution in [2.45, 2.75) is 78.1 Å². The fourth-order valence-corrected chi connectivity index (χ4v) is 5.19. The predicted molar refractivity (Wildman–Crippen MR) is 110 cm³/mol. The van der Waals surface area contributed by atoms with E-state index in [0.29, 0.717) is 0 Å². The number of carboxylic acids is 2. The molecule has 2 saturated carbocycles. The lowest BCUT2D eigenvalue weighted by Gasteiger charge is -2.35. The number of aliphatic carboxylic acids is 2. The zero-order chi connectivity index (χ0) is 20.6. The minimum absolute atomic E-state index is 0.743. The number of hydrogen-bond acceptors (Lipinski definition) is 4. The molecule has 0 atom stereocenters. The summed E-state index contributed by atoms with van der Waals surface area (Å²) in [7, 11) is 0. The highest BCUT2D eigenvalue weighted by atomic mass is 16.4. The molecule has 0 bridgehead atoms. The summed E-state index contributed by atoms with van der Waals surface area (Å²) in [6.45, 7) is 9.95. The quantitative estimate of drug-likeness (QED) is 0.468. The molecule has 4 N–H and O–H groups in total. The molecule has 2 heterocycles. The van der Waals surface area contributed by atoms with Crippen molar-refractivity contribution in [2.75, 3.05) is 26.2 Å². The van der Waals surface area contributed by atoms with Gasteiger partial charge in [-0.15, -0.1) is 0 Å².